The van der Waals surface area contributed by atoms with E-state index in [9.17, 15) is 4.79 Å². The van der Waals surface area contributed by atoms with Gasteiger partial charge in [-0.05, 0) is 86.4 Å². The van der Waals surface area contributed by atoms with Crippen LogP contribution in [0, 0.1) is 5.92 Å². The summed E-state index contributed by atoms with van der Waals surface area (Å²) in [5.74, 6) is -0.101. The number of carbonyl (C=O) groups excluding carboxylic acids is 1. The van der Waals surface area contributed by atoms with Crippen molar-refractivity contribution in [3.63, 3.8) is 0 Å². The number of nitrogens with two attached hydrogens (primary N) is 1. The second-order valence-electron chi connectivity index (χ2n) is 11.0. The fourth-order valence-corrected chi connectivity index (χ4v) is 3.54. The van der Waals surface area contributed by atoms with Crippen molar-refractivity contribution in [2.45, 2.75) is 109 Å². The molecule has 1 radical (unpaired) electrons. The smallest absolute Gasteiger partial charge is 0.326 e. The Morgan fingerprint density at radius 1 is 1.24 bits per heavy atom. The predicted molar refractivity (Wildman–Crippen MR) is 147 cm³/mol. The molecule has 0 heterocycles. The Bertz CT molecular complexity index is 716. The van der Waals surface area contributed by atoms with Crippen LogP contribution in [0.5, 0.6) is 0 Å². The molecule has 34 heavy (non-hydrogen) atoms. The van der Waals surface area contributed by atoms with Crippen molar-refractivity contribution in [1.82, 2.24) is 4.90 Å². The molecular weight excluding hydrogens is 443 g/mol. The van der Waals surface area contributed by atoms with E-state index in [1.807, 2.05) is 65.5 Å². The maximum absolute atomic E-state index is 12.7. The highest BCUT2D eigenvalue weighted by Gasteiger charge is 2.46. The van der Waals surface area contributed by atoms with Crippen molar-refractivity contribution in [2.75, 3.05) is 14.1 Å². The lowest BCUT2D eigenvalue weighted by Gasteiger charge is -2.38. The lowest BCUT2D eigenvalue weighted by atomic mass is 9.80. The summed E-state index contributed by atoms with van der Waals surface area (Å²) in [4.78, 5) is 14.9. The molecule has 2 unspecified atom stereocenters. The van der Waals surface area contributed by atoms with Gasteiger partial charge in [-0.2, -0.15) is 12.6 Å². The molecule has 0 aromatic heterocycles. The first-order valence-corrected chi connectivity index (χ1v) is 13.0. The number of ether oxygens (including phenoxy) is 1. The summed E-state index contributed by atoms with van der Waals surface area (Å²) in [6.07, 6.45) is 5.33. The quantitative estimate of drug-likeness (QED) is 0.185. The van der Waals surface area contributed by atoms with Gasteiger partial charge in [0.05, 0.1) is 5.60 Å². The van der Waals surface area contributed by atoms with E-state index < -0.39 is 5.54 Å². The lowest BCUT2D eigenvalue weighted by Crippen LogP contribution is -2.52. The Labute approximate surface area is 215 Å². The summed E-state index contributed by atoms with van der Waals surface area (Å²) in [5, 5.41) is 0. The third kappa shape index (κ3) is 9.92. The number of esters is 1. The van der Waals surface area contributed by atoms with Gasteiger partial charge < -0.3 is 20.0 Å². The number of nitrogens with zero attached hydrogens (tertiary/aromatic N) is 1. The minimum atomic E-state index is -0.859. The molecular formula is C27H48BN2O3S. The summed E-state index contributed by atoms with van der Waals surface area (Å²) in [5.41, 5.74) is 6.30. The maximum Gasteiger partial charge on any atom is 0.326 e. The second kappa shape index (κ2) is 13.9. The third-order valence-corrected chi connectivity index (χ3v) is 7.76. The van der Waals surface area contributed by atoms with Crippen molar-refractivity contribution in [2.24, 2.45) is 11.7 Å². The van der Waals surface area contributed by atoms with Gasteiger partial charge in [0.1, 0.15) is 12.1 Å². The summed E-state index contributed by atoms with van der Waals surface area (Å²) in [7, 11) is 6.02. The van der Waals surface area contributed by atoms with E-state index in [-0.39, 0.29) is 28.8 Å². The molecule has 2 rings (SSSR count). The van der Waals surface area contributed by atoms with E-state index in [1.54, 1.807) is 0 Å². The number of thiol groups is 1. The van der Waals surface area contributed by atoms with Gasteiger partial charge in [0, 0.05) is 10.8 Å². The van der Waals surface area contributed by atoms with Gasteiger partial charge in [0.2, 0.25) is 0 Å². The molecule has 2 N–H and O–H groups in total. The SMILES string of the molecule is CC(C)(S)C(C)(C)O[B]CCCC1CCCC1(N)C(=O)OCc1ccccc1.CC(C)N(C)C. The van der Waals surface area contributed by atoms with Crippen LogP contribution in [-0.4, -0.2) is 54.4 Å². The first kappa shape index (κ1) is 31.0. The predicted octanol–water partition coefficient (Wildman–Crippen LogP) is 5.51. The Morgan fingerprint density at radius 2 is 1.82 bits per heavy atom. The minimum Gasteiger partial charge on any atom is -0.459 e. The zero-order chi connectivity index (χ0) is 26.0. The molecule has 5 nitrogen and oxygen atoms in total. The van der Waals surface area contributed by atoms with Crippen LogP contribution in [0.1, 0.15) is 79.2 Å². The average molecular weight is 492 g/mol. The maximum atomic E-state index is 12.7. The standard InChI is InChI=1S/C22H35BNO3S.C5H13N/c1-20(2,21(3,4)28)27-23-15-9-13-18-12-8-14-22(18,24)19(25)26-16-17-10-6-5-7-11-17;1-5(2)6(3)4/h5-7,10-11,18,28H,8-9,12-16,24H2,1-4H3;5H,1-4H3. The van der Waals surface area contributed by atoms with Gasteiger partial charge >= 0.3 is 5.97 Å². The van der Waals surface area contributed by atoms with Gasteiger partial charge in [-0.1, -0.05) is 49.5 Å². The highest BCUT2D eigenvalue weighted by Crippen LogP contribution is 2.38. The zero-order valence-electron chi connectivity index (χ0n) is 22.8. The zero-order valence-corrected chi connectivity index (χ0v) is 23.7. The molecule has 0 amide bonds. The van der Waals surface area contributed by atoms with E-state index in [0.717, 1.165) is 37.6 Å². The molecule has 0 spiro atoms. The molecule has 2 atom stereocenters. The molecule has 0 saturated heterocycles. The monoisotopic (exact) mass is 491 g/mol. The van der Waals surface area contributed by atoms with Crippen molar-refractivity contribution in [1.29, 1.82) is 0 Å². The molecule has 1 fully saturated rings. The number of rotatable bonds is 11. The van der Waals surface area contributed by atoms with Gasteiger partial charge in [-0.3, -0.25) is 4.79 Å². The van der Waals surface area contributed by atoms with Crippen LogP contribution < -0.4 is 5.73 Å². The topological polar surface area (TPSA) is 64.8 Å². The number of hydrogen-bond donors (Lipinski definition) is 2. The van der Waals surface area contributed by atoms with Gasteiger partial charge in [0.15, 0.2) is 0 Å². The fraction of sp³-hybridized carbons (Fsp3) is 0.741. The normalized spacial score (nSPS) is 20.8. The highest BCUT2D eigenvalue weighted by molar-refractivity contribution is 7.81. The van der Waals surface area contributed by atoms with Crippen LogP contribution in [-0.2, 0) is 20.8 Å². The first-order chi connectivity index (χ1) is 15.7. The van der Waals surface area contributed by atoms with Gasteiger partial charge in [-0.25, -0.2) is 0 Å². The second-order valence-corrected chi connectivity index (χ2v) is 12.2. The van der Waals surface area contributed by atoms with E-state index in [0.29, 0.717) is 12.5 Å². The van der Waals surface area contributed by atoms with Crippen molar-refractivity contribution in [3.05, 3.63) is 35.9 Å². The van der Waals surface area contributed by atoms with Crippen LogP contribution in [0.4, 0.5) is 0 Å². The summed E-state index contributed by atoms with van der Waals surface area (Å²) >= 11 is 4.61. The fourth-order valence-electron chi connectivity index (χ4n) is 3.49. The first-order valence-electron chi connectivity index (χ1n) is 12.6. The average Bonchev–Trinajstić information content (AvgIpc) is 3.13. The molecule has 1 saturated carbocycles. The summed E-state index contributed by atoms with van der Waals surface area (Å²) < 4.78 is 11.2. The lowest BCUT2D eigenvalue weighted by molar-refractivity contribution is -0.153. The number of benzene rings is 1. The molecule has 7 heteroatoms. The summed E-state index contributed by atoms with van der Waals surface area (Å²) in [6.45, 7) is 12.8. The van der Waals surface area contributed by atoms with Crippen LogP contribution in [0.3, 0.4) is 0 Å². The van der Waals surface area contributed by atoms with E-state index in [4.69, 9.17) is 15.1 Å². The Balaban J connectivity index is 0.000000852. The molecule has 0 aliphatic heterocycles. The van der Waals surface area contributed by atoms with Gasteiger partial charge in [-0.15, -0.1) is 0 Å². The molecule has 193 valence electrons. The Kier molecular flexibility index (Phi) is 12.7. The van der Waals surface area contributed by atoms with Crippen molar-refractivity contribution < 1.29 is 14.2 Å². The molecule has 1 aliphatic carbocycles. The van der Waals surface area contributed by atoms with Crippen molar-refractivity contribution in [3.8, 4) is 0 Å². The highest BCUT2D eigenvalue weighted by atomic mass is 32.1. The van der Waals surface area contributed by atoms with Crippen molar-refractivity contribution >= 4 is 26.1 Å². The van der Waals surface area contributed by atoms with E-state index in [1.165, 1.54) is 0 Å². The minimum absolute atomic E-state index is 0.165. The van der Waals surface area contributed by atoms with Gasteiger partial charge in [0.25, 0.3) is 7.48 Å². The van der Waals surface area contributed by atoms with Crippen LogP contribution in [0.2, 0.25) is 6.32 Å². The molecule has 1 aliphatic rings. The summed E-state index contributed by atoms with van der Waals surface area (Å²) in [6, 6.07) is 10.4. The number of carbonyl (C=O) groups is 1. The van der Waals surface area contributed by atoms with Crippen LogP contribution >= 0.6 is 12.6 Å². The molecule has 1 aromatic carbocycles. The Hall–Kier alpha value is -1.02. The van der Waals surface area contributed by atoms with Crippen LogP contribution in [0.15, 0.2) is 30.3 Å². The molecule has 1 aromatic rings. The molecule has 0 bridgehead atoms. The van der Waals surface area contributed by atoms with Crippen LogP contribution in [0.25, 0.3) is 0 Å². The number of hydrogen-bond acceptors (Lipinski definition) is 6. The largest absolute Gasteiger partial charge is 0.459 e. The Morgan fingerprint density at radius 3 is 2.35 bits per heavy atom. The van der Waals surface area contributed by atoms with E-state index in [2.05, 4.69) is 45.5 Å². The third-order valence-electron chi connectivity index (χ3n) is 7.22. The van der Waals surface area contributed by atoms with E-state index >= 15 is 0 Å².